The Kier molecular flexibility index (Phi) is 9.58. The van der Waals surface area contributed by atoms with E-state index in [1.165, 1.54) is 5.56 Å². The summed E-state index contributed by atoms with van der Waals surface area (Å²) in [7, 11) is 3.43. The van der Waals surface area contributed by atoms with Crippen molar-refractivity contribution in [3.8, 4) is 0 Å². The average Bonchev–Trinajstić information content (AvgIpc) is 3.10. The average molecular weight is 521 g/mol. The van der Waals surface area contributed by atoms with Crippen molar-refractivity contribution >= 4 is 35.8 Å². The summed E-state index contributed by atoms with van der Waals surface area (Å²) in [5, 5.41) is 9.57. The molecule has 30 heavy (non-hydrogen) atoms. The minimum Gasteiger partial charge on any atom is -0.355 e. The number of hydrogen-bond donors (Lipinski definition) is 3. The van der Waals surface area contributed by atoms with Crippen molar-refractivity contribution in [3.63, 3.8) is 0 Å². The molecule has 6 nitrogen and oxygen atoms in total. The molecule has 0 aliphatic carbocycles. The molecule has 1 heterocycles. The zero-order chi connectivity index (χ0) is 20.6. The van der Waals surface area contributed by atoms with Crippen LogP contribution >= 0.6 is 24.0 Å². The quantitative estimate of drug-likeness (QED) is 0.311. The Labute approximate surface area is 196 Å². The molecule has 2 unspecified atom stereocenters. The molecule has 0 radical (unpaired) electrons. The van der Waals surface area contributed by atoms with E-state index in [1.807, 2.05) is 24.3 Å². The van der Waals surface area contributed by atoms with Crippen LogP contribution in [0.4, 0.5) is 0 Å². The SMILES string of the molecule is CN=C(NCc1cccc(C(=O)NC)c1)NC1CC(C)N(Cc2ccccc2)C1.I. The van der Waals surface area contributed by atoms with Crippen LogP contribution in [0, 0.1) is 0 Å². The van der Waals surface area contributed by atoms with Gasteiger partial charge in [-0.2, -0.15) is 0 Å². The maximum absolute atomic E-state index is 11.8. The lowest BCUT2D eigenvalue weighted by molar-refractivity contribution is 0.0963. The summed E-state index contributed by atoms with van der Waals surface area (Å²) >= 11 is 0. The van der Waals surface area contributed by atoms with E-state index in [1.54, 1.807) is 14.1 Å². The molecule has 3 N–H and O–H groups in total. The lowest BCUT2D eigenvalue weighted by Gasteiger charge is -2.21. The molecule has 162 valence electrons. The van der Waals surface area contributed by atoms with Crippen molar-refractivity contribution in [3.05, 3.63) is 71.3 Å². The van der Waals surface area contributed by atoms with E-state index < -0.39 is 0 Å². The van der Waals surface area contributed by atoms with Crippen molar-refractivity contribution in [1.82, 2.24) is 20.9 Å². The van der Waals surface area contributed by atoms with Crippen molar-refractivity contribution in [2.24, 2.45) is 4.99 Å². The first-order valence-corrected chi connectivity index (χ1v) is 10.1. The van der Waals surface area contributed by atoms with Crippen LogP contribution in [-0.4, -0.2) is 49.5 Å². The van der Waals surface area contributed by atoms with Gasteiger partial charge in [0.2, 0.25) is 0 Å². The summed E-state index contributed by atoms with van der Waals surface area (Å²) in [5.74, 6) is 0.710. The third-order valence-corrected chi connectivity index (χ3v) is 5.37. The molecule has 2 aromatic rings. The summed E-state index contributed by atoms with van der Waals surface area (Å²) in [6.45, 7) is 4.85. The van der Waals surface area contributed by atoms with Gasteiger partial charge >= 0.3 is 0 Å². The van der Waals surface area contributed by atoms with Crippen LogP contribution in [0.2, 0.25) is 0 Å². The molecule has 0 saturated carbocycles. The van der Waals surface area contributed by atoms with Crippen LogP contribution in [0.1, 0.15) is 34.8 Å². The normalized spacial score (nSPS) is 19.1. The Morgan fingerprint density at radius 3 is 2.57 bits per heavy atom. The molecule has 2 atom stereocenters. The second-order valence-electron chi connectivity index (χ2n) is 7.55. The maximum atomic E-state index is 11.8. The third-order valence-electron chi connectivity index (χ3n) is 5.37. The molecule has 3 rings (SSSR count). The summed E-state index contributed by atoms with van der Waals surface area (Å²) in [6, 6.07) is 19.1. The van der Waals surface area contributed by atoms with E-state index in [4.69, 9.17) is 0 Å². The van der Waals surface area contributed by atoms with E-state index >= 15 is 0 Å². The smallest absolute Gasteiger partial charge is 0.251 e. The van der Waals surface area contributed by atoms with E-state index in [9.17, 15) is 4.79 Å². The fraction of sp³-hybridized carbons (Fsp3) is 0.391. The number of halogens is 1. The molecule has 1 saturated heterocycles. The minimum atomic E-state index is -0.0761. The van der Waals surface area contributed by atoms with Crippen LogP contribution in [-0.2, 0) is 13.1 Å². The third kappa shape index (κ3) is 6.70. The Morgan fingerprint density at radius 2 is 1.87 bits per heavy atom. The lowest BCUT2D eigenvalue weighted by atomic mass is 10.1. The number of nitrogens with zero attached hydrogens (tertiary/aromatic N) is 2. The monoisotopic (exact) mass is 521 g/mol. The highest BCUT2D eigenvalue weighted by Gasteiger charge is 2.29. The van der Waals surface area contributed by atoms with Gasteiger partial charge in [-0.05, 0) is 36.6 Å². The standard InChI is InChI=1S/C23H31N5O.HI/c1-17-12-21(16-28(17)15-18-8-5-4-6-9-18)27-23(25-3)26-14-19-10-7-11-20(13-19)22(29)24-2;/h4-11,13,17,21H,12,14-16H2,1-3H3,(H,24,29)(H2,25,26,27);1H. The van der Waals surface area contributed by atoms with Gasteiger partial charge in [-0.15, -0.1) is 24.0 Å². The largest absolute Gasteiger partial charge is 0.355 e. The maximum Gasteiger partial charge on any atom is 0.251 e. The van der Waals surface area contributed by atoms with Crippen molar-refractivity contribution < 1.29 is 4.79 Å². The summed E-state index contributed by atoms with van der Waals surface area (Å²) < 4.78 is 0. The second-order valence-corrected chi connectivity index (χ2v) is 7.55. The van der Waals surface area contributed by atoms with Crippen LogP contribution in [0.25, 0.3) is 0 Å². The molecule has 0 spiro atoms. The van der Waals surface area contributed by atoms with Crippen molar-refractivity contribution in [1.29, 1.82) is 0 Å². The number of benzene rings is 2. The van der Waals surface area contributed by atoms with Gasteiger partial charge in [0.25, 0.3) is 5.91 Å². The van der Waals surface area contributed by atoms with Crippen molar-refractivity contribution in [2.75, 3.05) is 20.6 Å². The zero-order valence-corrected chi connectivity index (χ0v) is 20.2. The van der Waals surface area contributed by atoms with Gasteiger partial charge < -0.3 is 16.0 Å². The number of carbonyl (C=O) groups is 1. The highest BCUT2D eigenvalue weighted by molar-refractivity contribution is 14.0. The molecule has 1 aliphatic heterocycles. The highest BCUT2D eigenvalue weighted by Crippen LogP contribution is 2.20. The van der Waals surface area contributed by atoms with Crippen LogP contribution in [0.5, 0.6) is 0 Å². The van der Waals surface area contributed by atoms with Gasteiger partial charge in [-0.1, -0.05) is 42.5 Å². The van der Waals surface area contributed by atoms with Crippen LogP contribution in [0.3, 0.4) is 0 Å². The molecular weight excluding hydrogens is 489 g/mol. The fourth-order valence-electron chi connectivity index (χ4n) is 3.78. The highest BCUT2D eigenvalue weighted by atomic mass is 127. The molecule has 2 aromatic carbocycles. The Hall–Kier alpha value is -2.13. The van der Waals surface area contributed by atoms with Crippen molar-refractivity contribution in [2.45, 2.75) is 38.5 Å². The predicted molar refractivity (Wildman–Crippen MR) is 133 cm³/mol. The molecule has 1 aliphatic rings. The summed E-state index contributed by atoms with van der Waals surface area (Å²) in [5.41, 5.74) is 3.05. The zero-order valence-electron chi connectivity index (χ0n) is 17.9. The molecule has 7 heteroatoms. The second kappa shape index (κ2) is 11.9. The fourth-order valence-corrected chi connectivity index (χ4v) is 3.78. The number of guanidine groups is 1. The van der Waals surface area contributed by atoms with E-state index in [0.717, 1.165) is 31.0 Å². The number of rotatable bonds is 6. The van der Waals surface area contributed by atoms with Gasteiger partial charge in [-0.25, -0.2) is 0 Å². The van der Waals surface area contributed by atoms with Crippen LogP contribution in [0.15, 0.2) is 59.6 Å². The topological polar surface area (TPSA) is 68.8 Å². The van der Waals surface area contributed by atoms with E-state index in [2.05, 4.69) is 63.1 Å². The van der Waals surface area contributed by atoms with Gasteiger partial charge in [0.15, 0.2) is 5.96 Å². The number of carbonyl (C=O) groups excluding carboxylic acids is 1. The van der Waals surface area contributed by atoms with Gasteiger partial charge in [0.05, 0.1) is 0 Å². The lowest BCUT2D eigenvalue weighted by Crippen LogP contribution is -2.44. The number of nitrogens with one attached hydrogen (secondary N) is 3. The Bertz CT molecular complexity index is 842. The number of amides is 1. The first-order valence-electron chi connectivity index (χ1n) is 10.1. The minimum absolute atomic E-state index is 0. The van der Waals surface area contributed by atoms with Gasteiger partial charge in [0.1, 0.15) is 0 Å². The predicted octanol–water partition coefficient (Wildman–Crippen LogP) is 2.99. The van der Waals surface area contributed by atoms with E-state index in [0.29, 0.717) is 24.2 Å². The Balaban J connectivity index is 0.00000320. The molecule has 0 aromatic heterocycles. The van der Waals surface area contributed by atoms with Gasteiger partial charge in [-0.3, -0.25) is 14.7 Å². The summed E-state index contributed by atoms with van der Waals surface area (Å²) in [4.78, 5) is 18.7. The first kappa shape index (κ1) is 24.1. The van der Waals surface area contributed by atoms with Crippen LogP contribution < -0.4 is 16.0 Å². The molecule has 1 amide bonds. The first-order chi connectivity index (χ1) is 14.1. The molecule has 0 bridgehead atoms. The van der Waals surface area contributed by atoms with E-state index in [-0.39, 0.29) is 29.9 Å². The van der Waals surface area contributed by atoms with Gasteiger partial charge in [0, 0.05) is 51.4 Å². The molecular formula is C23H32IN5O. The summed E-state index contributed by atoms with van der Waals surface area (Å²) in [6.07, 6.45) is 1.08. The Morgan fingerprint density at radius 1 is 1.13 bits per heavy atom. The molecule has 1 fully saturated rings. The number of aliphatic imine (C=N–C) groups is 1. The number of likely N-dealkylation sites (tertiary alicyclic amines) is 1. The number of hydrogen-bond acceptors (Lipinski definition) is 3.